The SMILES string of the molecule is O=C(CN1CCN(CCNC(=O)c2cc3cc(O)ccc3oc2=O)CC1)NCCOCCNc1cccc2c1C(=O)N(C1CCC(=O)NC1=O)C2=O. The maximum absolute atomic E-state index is 13.2. The number of nitrogens with one attached hydrogen (secondary N) is 4. The highest BCUT2D eigenvalue weighted by Crippen LogP contribution is 2.32. The Morgan fingerprint density at radius 1 is 0.904 bits per heavy atom. The smallest absolute Gasteiger partial charge is 0.349 e. The average molecular weight is 718 g/mol. The third-order valence-electron chi connectivity index (χ3n) is 9.10. The van der Waals surface area contributed by atoms with E-state index in [1.54, 1.807) is 12.1 Å². The van der Waals surface area contributed by atoms with Gasteiger partial charge in [0.1, 0.15) is 22.9 Å². The number of piperazine rings is 1. The lowest BCUT2D eigenvalue weighted by atomic mass is 10.0. The van der Waals surface area contributed by atoms with Gasteiger partial charge in [-0.1, -0.05) is 6.07 Å². The highest BCUT2D eigenvalue weighted by molar-refractivity contribution is 6.25. The van der Waals surface area contributed by atoms with Crippen LogP contribution in [0, 0.1) is 0 Å². The van der Waals surface area contributed by atoms with Gasteiger partial charge in [-0.15, -0.1) is 0 Å². The van der Waals surface area contributed by atoms with Crippen molar-refractivity contribution in [3.63, 3.8) is 0 Å². The maximum Gasteiger partial charge on any atom is 0.349 e. The van der Waals surface area contributed by atoms with E-state index >= 15 is 0 Å². The molecule has 2 saturated heterocycles. The van der Waals surface area contributed by atoms with Crippen molar-refractivity contribution < 1.29 is 43.0 Å². The molecular formula is C35H39N7O10. The van der Waals surface area contributed by atoms with Crippen molar-refractivity contribution in [3.8, 4) is 5.75 Å². The van der Waals surface area contributed by atoms with Crippen LogP contribution in [0.2, 0.25) is 0 Å². The predicted molar refractivity (Wildman–Crippen MR) is 185 cm³/mol. The average Bonchev–Trinajstić information content (AvgIpc) is 3.37. The number of fused-ring (bicyclic) bond motifs is 2. The van der Waals surface area contributed by atoms with E-state index in [-0.39, 0.29) is 66.5 Å². The highest BCUT2D eigenvalue weighted by atomic mass is 16.5. The number of ether oxygens (including phenoxy) is 1. The van der Waals surface area contributed by atoms with Crippen LogP contribution in [0.5, 0.6) is 5.75 Å². The molecule has 3 aliphatic heterocycles. The van der Waals surface area contributed by atoms with E-state index in [4.69, 9.17) is 9.15 Å². The standard InChI is InChI=1S/C35H39N7O10/c43-22-4-6-27-21(18-22)19-24(35(50)52-27)31(46)38-8-11-40-12-14-41(15-13-40)20-29(45)37-10-17-51-16-9-36-25-3-1-2-23-30(25)34(49)42(33(23)48)26-5-7-28(44)39-32(26)47/h1-4,6,18-19,26,36,43H,5,7-17,20H2,(H,37,45)(H,38,46)(H,39,44,47). The van der Waals surface area contributed by atoms with Gasteiger partial charge in [0.2, 0.25) is 17.7 Å². The normalized spacial score (nSPS) is 18.0. The summed E-state index contributed by atoms with van der Waals surface area (Å²) in [6.45, 7) is 5.04. The monoisotopic (exact) mass is 717 g/mol. The number of phenolic OH excluding ortho intramolecular Hbond substituents is 1. The first-order valence-electron chi connectivity index (χ1n) is 17.0. The zero-order valence-corrected chi connectivity index (χ0v) is 28.3. The Labute approximate surface area is 297 Å². The molecule has 6 rings (SSSR count). The fraction of sp³-hybridized carbons (Fsp3) is 0.400. The zero-order valence-electron chi connectivity index (χ0n) is 28.3. The van der Waals surface area contributed by atoms with Gasteiger partial charge in [-0.05, 0) is 42.8 Å². The summed E-state index contributed by atoms with van der Waals surface area (Å²) in [5.41, 5.74) is 0.187. The second kappa shape index (κ2) is 16.1. The fourth-order valence-corrected chi connectivity index (χ4v) is 6.41. The number of carbonyl (C=O) groups excluding carboxylic acids is 6. The Morgan fingerprint density at radius 3 is 2.46 bits per heavy atom. The Hall–Kier alpha value is -5.65. The van der Waals surface area contributed by atoms with Crippen LogP contribution >= 0.6 is 0 Å². The minimum Gasteiger partial charge on any atom is -0.508 e. The number of nitrogens with zero attached hydrogens (tertiary/aromatic N) is 3. The highest BCUT2D eigenvalue weighted by Gasteiger charge is 2.45. The molecular weight excluding hydrogens is 678 g/mol. The largest absolute Gasteiger partial charge is 0.508 e. The quantitative estimate of drug-likeness (QED) is 0.0807. The molecule has 0 radical (unpaired) electrons. The van der Waals surface area contributed by atoms with Gasteiger partial charge in [0.15, 0.2) is 0 Å². The van der Waals surface area contributed by atoms with Gasteiger partial charge in [0, 0.05) is 69.9 Å². The molecule has 1 unspecified atom stereocenters. The number of phenols is 1. The molecule has 2 aromatic carbocycles. The number of piperidine rings is 1. The molecule has 1 aromatic heterocycles. The molecule has 6 amide bonds. The first kappa shape index (κ1) is 36.2. The molecule has 4 heterocycles. The Bertz CT molecular complexity index is 1960. The predicted octanol–water partition coefficient (Wildman–Crippen LogP) is -0.508. The molecule has 2 fully saturated rings. The van der Waals surface area contributed by atoms with Gasteiger partial charge < -0.3 is 30.2 Å². The van der Waals surface area contributed by atoms with E-state index in [2.05, 4.69) is 26.2 Å². The number of imide groups is 2. The molecule has 17 heteroatoms. The number of amides is 6. The summed E-state index contributed by atoms with van der Waals surface area (Å²) in [5, 5.41) is 21.0. The van der Waals surface area contributed by atoms with Gasteiger partial charge in [0.05, 0.1) is 30.9 Å². The van der Waals surface area contributed by atoms with Crippen LogP contribution in [0.15, 0.2) is 51.7 Å². The van der Waals surface area contributed by atoms with Crippen LogP contribution in [-0.2, 0) is 19.1 Å². The summed E-state index contributed by atoms with van der Waals surface area (Å²) < 4.78 is 10.8. The third-order valence-corrected chi connectivity index (χ3v) is 9.10. The van der Waals surface area contributed by atoms with Crippen LogP contribution in [0.3, 0.4) is 0 Å². The maximum atomic E-state index is 13.2. The fourth-order valence-electron chi connectivity index (χ4n) is 6.41. The Balaban J connectivity index is 0.836. The van der Waals surface area contributed by atoms with Gasteiger partial charge in [-0.25, -0.2) is 4.79 Å². The van der Waals surface area contributed by atoms with Crippen molar-refractivity contribution in [2.45, 2.75) is 18.9 Å². The van der Waals surface area contributed by atoms with E-state index in [9.17, 15) is 38.7 Å². The van der Waals surface area contributed by atoms with Crippen LogP contribution < -0.4 is 26.9 Å². The lowest BCUT2D eigenvalue weighted by Crippen LogP contribution is -2.54. The number of hydrogen-bond donors (Lipinski definition) is 5. The first-order valence-corrected chi connectivity index (χ1v) is 17.0. The molecule has 0 aliphatic carbocycles. The Kier molecular flexibility index (Phi) is 11.2. The summed E-state index contributed by atoms with van der Waals surface area (Å²) >= 11 is 0. The summed E-state index contributed by atoms with van der Waals surface area (Å²) in [5.74, 6) is -2.96. The second-order valence-corrected chi connectivity index (χ2v) is 12.6. The topological polar surface area (TPSA) is 220 Å². The third kappa shape index (κ3) is 8.28. The molecule has 0 bridgehead atoms. The minimum atomic E-state index is -1.04. The van der Waals surface area contributed by atoms with E-state index in [1.165, 1.54) is 30.3 Å². The van der Waals surface area contributed by atoms with E-state index in [1.807, 2.05) is 4.90 Å². The summed E-state index contributed by atoms with van der Waals surface area (Å²) in [4.78, 5) is 92.5. The number of anilines is 1. The van der Waals surface area contributed by atoms with E-state index < -0.39 is 41.2 Å². The van der Waals surface area contributed by atoms with E-state index in [0.29, 0.717) is 63.4 Å². The van der Waals surface area contributed by atoms with Crippen molar-refractivity contribution in [2.75, 3.05) is 77.4 Å². The zero-order chi connectivity index (χ0) is 36.8. The van der Waals surface area contributed by atoms with Crippen LogP contribution in [0.25, 0.3) is 11.0 Å². The first-order chi connectivity index (χ1) is 25.1. The number of rotatable bonds is 14. The lowest BCUT2D eigenvalue weighted by molar-refractivity contribution is -0.136. The molecule has 274 valence electrons. The van der Waals surface area contributed by atoms with Gasteiger partial charge in [0.25, 0.3) is 17.7 Å². The van der Waals surface area contributed by atoms with E-state index in [0.717, 1.165) is 4.90 Å². The number of hydrogen-bond acceptors (Lipinski definition) is 13. The molecule has 5 N–H and O–H groups in total. The molecule has 0 saturated carbocycles. The summed E-state index contributed by atoms with van der Waals surface area (Å²) in [6, 6.07) is 9.47. The van der Waals surface area contributed by atoms with Gasteiger partial charge in [-0.2, -0.15) is 0 Å². The van der Waals surface area contributed by atoms with Gasteiger partial charge in [-0.3, -0.25) is 48.8 Å². The number of benzene rings is 2. The van der Waals surface area contributed by atoms with Crippen molar-refractivity contribution >= 4 is 52.1 Å². The van der Waals surface area contributed by atoms with Crippen molar-refractivity contribution in [1.29, 1.82) is 0 Å². The molecule has 1 atom stereocenters. The van der Waals surface area contributed by atoms with Crippen molar-refractivity contribution in [2.24, 2.45) is 0 Å². The number of carbonyl (C=O) groups is 6. The summed E-state index contributed by atoms with van der Waals surface area (Å²) in [7, 11) is 0. The lowest BCUT2D eigenvalue weighted by Gasteiger charge is -2.34. The van der Waals surface area contributed by atoms with Crippen molar-refractivity contribution in [1.82, 2.24) is 30.7 Å². The minimum absolute atomic E-state index is 0.00228. The van der Waals surface area contributed by atoms with Gasteiger partial charge >= 0.3 is 5.63 Å². The van der Waals surface area contributed by atoms with Crippen LogP contribution in [0.1, 0.15) is 43.9 Å². The summed E-state index contributed by atoms with van der Waals surface area (Å²) in [6.07, 6.45) is 0.122. The van der Waals surface area contributed by atoms with Crippen molar-refractivity contribution in [3.05, 3.63) is 69.6 Å². The molecule has 3 aromatic rings. The van der Waals surface area contributed by atoms with Crippen LogP contribution in [0.4, 0.5) is 5.69 Å². The molecule has 52 heavy (non-hydrogen) atoms. The second-order valence-electron chi connectivity index (χ2n) is 12.6. The molecule has 17 nitrogen and oxygen atoms in total. The number of aromatic hydroxyl groups is 1. The Morgan fingerprint density at radius 2 is 1.67 bits per heavy atom. The molecule has 0 spiro atoms. The van der Waals surface area contributed by atoms with Crippen LogP contribution in [-0.4, -0.2) is 133 Å². The molecule has 3 aliphatic rings.